The van der Waals surface area contributed by atoms with Crippen LogP contribution in [0.1, 0.15) is 45.5 Å². The molecule has 21 heteroatoms. The van der Waals surface area contributed by atoms with E-state index in [2.05, 4.69) is 40.0 Å². The SMILES string of the molecule is Nc1nc2cc(-c3nn(CCCCNC(=O)CCOCCOCCOCCOCCN4CCN(c5ncc(CN6C(=O)c7ccccc7C6=O)cn5)CC4)c4ncnc(N)c34)ccc2o1. The van der Waals surface area contributed by atoms with E-state index in [4.69, 9.17) is 39.9 Å². The molecule has 2 aliphatic rings. The van der Waals surface area contributed by atoms with Gasteiger partial charge in [0.15, 0.2) is 11.2 Å². The van der Waals surface area contributed by atoms with Gasteiger partial charge in [-0.15, -0.1) is 0 Å². The molecule has 1 fully saturated rings. The Morgan fingerprint density at radius 2 is 1.45 bits per heavy atom. The van der Waals surface area contributed by atoms with Crippen LogP contribution in [0, 0.1) is 0 Å². The number of rotatable bonds is 24. The van der Waals surface area contributed by atoms with E-state index in [1.165, 1.54) is 11.2 Å². The number of carbonyl (C=O) groups excluding carboxylic acids is 3. The van der Waals surface area contributed by atoms with Gasteiger partial charge in [-0.1, -0.05) is 12.1 Å². The fraction of sp³-hybridized carbons (Fsp3) is 0.432. The minimum absolute atomic E-state index is 0.0728. The Morgan fingerprint density at radius 3 is 2.15 bits per heavy atom. The highest BCUT2D eigenvalue weighted by atomic mass is 16.6. The average molecular weight is 892 g/mol. The zero-order valence-electron chi connectivity index (χ0n) is 36.1. The van der Waals surface area contributed by atoms with Crippen molar-refractivity contribution in [3.05, 3.63) is 77.9 Å². The number of aryl methyl sites for hydroxylation is 1. The van der Waals surface area contributed by atoms with Crippen LogP contribution in [0.15, 0.2) is 65.6 Å². The van der Waals surface area contributed by atoms with Gasteiger partial charge in [-0.25, -0.2) is 24.6 Å². The smallest absolute Gasteiger partial charge is 0.292 e. The summed E-state index contributed by atoms with van der Waals surface area (Å²) in [6.07, 6.45) is 6.56. The number of amides is 3. The van der Waals surface area contributed by atoms with Crippen molar-refractivity contribution in [3.8, 4) is 11.3 Å². The molecule has 6 heterocycles. The first-order valence-corrected chi connectivity index (χ1v) is 21.8. The first kappa shape index (κ1) is 44.9. The van der Waals surface area contributed by atoms with Crippen LogP contribution in [0.3, 0.4) is 0 Å². The van der Waals surface area contributed by atoms with Crippen molar-refractivity contribution in [2.75, 3.05) is 108 Å². The third-order valence-electron chi connectivity index (χ3n) is 11.1. The van der Waals surface area contributed by atoms with Crippen LogP contribution in [0.2, 0.25) is 0 Å². The lowest BCUT2D eigenvalue weighted by atomic mass is 10.1. The summed E-state index contributed by atoms with van der Waals surface area (Å²) in [5.41, 5.74) is 16.8. The number of aromatic nitrogens is 7. The van der Waals surface area contributed by atoms with Crippen LogP contribution < -0.4 is 21.7 Å². The zero-order chi connectivity index (χ0) is 45.0. The van der Waals surface area contributed by atoms with E-state index in [1.807, 2.05) is 16.8 Å². The highest BCUT2D eigenvalue weighted by molar-refractivity contribution is 6.21. The number of hydrogen-bond donors (Lipinski definition) is 3. The van der Waals surface area contributed by atoms with Crippen LogP contribution in [0.5, 0.6) is 0 Å². The van der Waals surface area contributed by atoms with E-state index in [-0.39, 0.29) is 36.7 Å². The molecular weight excluding hydrogens is 839 g/mol. The van der Waals surface area contributed by atoms with E-state index in [0.29, 0.717) is 122 Å². The molecule has 4 aromatic heterocycles. The molecule has 1 saturated heterocycles. The number of unbranched alkanes of at least 4 members (excludes halogenated alkanes) is 1. The third kappa shape index (κ3) is 11.4. The molecular formula is C44H53N13O8. The van der Waals surface area contributed by atoms with E-state index < -0.39 is 0 Å². The van der Waals surface area contributed by atoms with Crippen LogP contribution in [-0.2, 0) is 36.8 Å². The Hall–Kier alpha value is -6.65. The molecule has 21 nitrogen and oxygen atoms in total. The molecule has 2 aliphatic heterocycles. The van der Waals surface area contributed by atoms with Crippen molar-refractivity contribution in [2.45, 2.75) is 32.4 Å². The molecule has 0 bridgehead atoms. The number of nitrogens with one attached hydrogen (secondary N) is 1. The summed E-state index contributed by atoms with van der Waals surface area (Å²) in [5, 5.41) is 8.41. The van der Waals surface area contributed by atoms with E-state index in [0.717, 1.165) is 51.1 Å². The molecule has 2 aromatic carbocycles. The lowest BCUT2D eigenvalue weighted by Gasteiger charge is -2.34. The molecule has 0 radical (unpaired) electrons. The molecule has 6 aromatic rings. The average Bonchev–Trinajstić information content (AvgIpc) is 3.97. The van der Waals surface area contributed by atoms with Crippen LogP contribution >= 0.6 is 0 Å². The van der Waals surface area contributed by atoms with Crippen molar-refractivity contribution >= 4 is 57.6 Å². The van der Waals surface area contributed by atoms with Crippen LogP contribution in [-0.4, -0.2) is 154 Å². The Bertz CT molecular complexity index is 2520. The second kappa shape index (κ2) is 21.8. The number of nitrogens with zero attached hydrogens (tertiary/aromatic N) is 10. The number of carbonyl (C=O) groups is 3. The van der Waals surface area contributed by atoms with Gasteiger partial charge in [0, 0.05) is 75.8 Å². The predicted molar refractivity (Wildman–Crippen MR) is 239 cm³/mol. The summed E-state index contributed by atoms with van der Waals surface area (Å²) in [6, 6.07) is 12.5. The van der Waals surface area contributed by atoms with Gasteiger partial charge in [0.1, 0.15) is 23.4 Å². The van der Waals surface area contributed by atoms with E-state index >= 15 is 0 Å². The second-order valence-electron chi connectivity index (χ2n) is 15.5. The number of oxazole rings is 1. The lowest BCUT2D eigenvalue weighted by Crippen LogP contribution is -2.48. The molecule has 0 saturated carbocycles. The van der Waals surface area contributed by atoms with E-state index in [1.54, 1.807) is 42.7 Å². The van der Waals surface area contributed by atoms with Gasteiger partial charge in [0.05, 0.1) is 75.9 Å². The van der Waals surface area contributed by atoms with Crippen LogP contribution in [0.25, 0.3) is 33.4 Å². The first-order chi connectivity index (χ1) is 31.8. The summed E-state index contributed by atoms with van der Waals surface area (Å²) in [6.45, 7) is 8.95. The highest BCUT2D eigenvalue weighted by Gasteiger charge is 2.35. The number of imide groups is 1. The highest BCUT2D eigenvalue weighted by Crippen LogP contribution is 2.32. The van der Waals surface area contributed by atoms with Gasteiger partial charge in [-0.2, -0.15) is 10.1 Å². The minimum atomic E-state index is -0.294. The van der Waals surface area contributed by atoms with E-state index in [9.17, 15) is 14.4 Å². The summed E-state index contributed by atoms with van der Waals surface area (Å²) in [5.74, 6) is 0.306. The fourth-order valence-electron chi connectivity index (χ4n) is 7.63. The third-order valence-corrected chi connectivity index (χ3v) is 11.1. The molecule has 0 spiro atoms. The van der Waals surface area contributed by atoms with Crippen molar-refractivity contribution in [2.24, 2.45) is 0 Å². The first-order valence-electron chi connectivity index (χ1n) is 21.8. The van der Waals surface area contributed by atoms with Gasteiger partial charge >= 0.3 is 0 Å². The minimum Gasteiger partial charge on any atom is -0.424 e. The molecule has 8 rings (SSSR count). The van der Waals surface area contributed by atoms with Gasteiger partial charge < -0.3 is 45.0 Å². The molecule has 0 unspecified atom stereocenters. The molecule has 342 valence electrons. The van der Waals surface area contributed by atoms with Crippen molar-refractivity contribution in [1.29, 1.82) is 0 Å². The Morgan fingerprint density at radius 1 is 0.769 bits per heavy atom. The number of nitrogens with two attached hydrogens (primary N) is 2. The quantitative estimate of drug-likeness (QED) is 0.0583. The molecule has 0 atom stereocenters. The van der Waals surface area contributed by atoms with Gasteiger partial charge in [0.2, 0.25) is 11.9 Å². The van der Waals surface area contributed by atoms with Crippen molar-refractivity contribution < 1.29 is 37.7 Å². The van der Waals surface area contributed by atoms with Crippen molar-refractivity contribution in [3.63, 3.8) is 0 Å². The summed E-state index contributed by atoms with van der Waals surface area (Å²) >= 11 is 0. The zero-order valence-corrected chi connectivity index (χ0v) is 36.1. The standard InChI is InChI=1S/C44H53N13O8/c45-39-37-38(31-7-8-35-34(25-31)52-43(46)65-35)53-57(40(37)51-29-50-39)11-4-3-10-47-36(58)9-17-61-19-21-63-23-24-64-22-20-62-18-16-54-12-14-55(15-13-54)44-48-26-30(27-49-44)28-56-41(59)32-5-1-2-6-33(32)42(56)60/h1-2,5-8,25-27,29H,3-4,9-24,28H2,(H2,46,52)(H,47,58)(H2,45,50,51). The molecule has 65 heavy (non-hydrogen) atoms. The summed E-state index contributed by atoms with van der Waals surface area (Å²) in [4.78, 5) is 65.3. The lowest BCUT2D eigenvalue weighted by molar-refractivity contribution is -0.122. The monoisotopic (exact) mass is 891 g/mol. The topological polar surface area (TPSA) is 257 Å². The number of piperazine rings is 1. The Balaban J connectivity index is 0.598. The van der Waals surface area contributed by atoms with Crippen molar-refractivity contribution in [1.82, 2.24) is 49.8 Å². The number of nitrogen functional groups attached to an aromatic ring is 2. The fourth-order valence-corrected chi connectivity index (χ4v) is 7.63. The summed E-state index contributed by atoms with van der Waals surface area (Å²) < 4.78 is 29.7. The predicted octanol–water partition coefficient (Wildman–Crippen LogP) is 2.56. The number of ether oxygens (including phenoxy) is 4. The van der Waals surface area contributed by atoms with Crippen LogP contribution in [0.4, 0.5) is 17.8 Å². The Kier molecular flexibility index (Phi) is 15.1. The molecule has 5 N–H and O–H groups in total. The largest absolute Gasteiger partial charge is 0.424 e. The number of hydrogen-bond acceptors (Lipinski definition) is 18. The van der Waals surface area contributed by atoms with Gasteiger partial charge in [-0.3, -0.25) is 24.2 Å². The number of fused-ring (bicyclic) bond motifs is 3. The number of benzene rings is 2. The molecule has 0 aliphatic carbocycles. The maximum absolute atomic E-state index is 12.7. The molecule has 3 amide bonds. The second-order valence-corrected chi connectivity index (χ2v) is 15.5. The maximum Gasteiger partial charge on any atom is 0.292 e. The number of anilines is 3. The van der Waals surface area contributed by atoms with Gasteiger partial charge in [0.25, 0.3) is 17.8 Å². The Labute approximate surface area is 374 Å². The van der Waals surface area contributed by atoms with Gasteiger partial charge in [-0.05, 0) is 43.2 Å². The normalized spacial score (nSPS) is 14.3. The maximum atomic E-state index is 12.7. The summed E-state index contributed by atoms with van der Waals surface area (Å²) in [7, 11) is 0.